The van der Waals surface area contributed by atoms with Crippen molar-refractivity contribution in [3.63, 3.8) is 0 Å². The van der Waals surface area contributed by atoms with Crippen molar-refractivity contribution in [1.29, 1.82) is 0 Å². The van der Waals surface area contributed by atoms with Crippen molar-refractivity contribution >= 4 is 40.4 Å². The summed E-state index contributed by atoms with van der Waals surface area (Å²) in [6, 6.07) is 6.41. The van der Waals surface area contributed by atoms with E-state index in [1.165, 1.54) is 24.5 Å². The lowest BCUT2D eigenvalue weighted by molar-refractivity contribution is -0.136. The van der Waals surface area contributed by atoms with E-state index in [9.17, 15) is 14.7 Å². The molecule has 23 heavy (non-hydrogen) atoms. The molecule has 0 saturated carbocycles. The largest absolute Gasteiger partial charge is 0.495 e. The molecule has 0 aliphatic rings. The van der Waals surface area contributed by atoms with E-state index >= 15 is 0 Å². The van der Waals surface area contributed by atoms with Crippen LogP contribution >= 0.6 is 22.9 Å². The fourth-order valence-corrected chi connectivity index (χ4v) is 2.69. The number of nitrogens with one attached hydrogen (secondary N) is 2. The zero-order valence-corrected chi connectivity index (χ0v) is 13.8. The number of rotatable bonds is 5. The Hall–Kier alpha value is -2.09. The van der Waals surface area contributed by atoms with Crippen molar-refractivity contribution in [3.8, 4) is 5.75 Å². The second kappa shape index (κ2) is 7.96. The van der Waals surface area contributed by atoms with Crippen LogP contribution in [-0.4, -0.2) is 30.6 Å². The summed E-state index contributed by atoms with van der Waals surface area (Å²) in [5.41, 5.74) is 0.978. The molecule has 0 radical (unpaired) electrons. The second-order valence-corrected chi connectivity index (χ2v) is 5.80. The Balaban J connectivity index is 1.93. The number of aliphatic hydroxyl groups excluding tert-OH is 1. The molecule has 0 bridgehead atoms. The monoisotopic (exact) mass is 354 g/mol. The third kappa shape index (κ3) is 4.69. The zero-order valence-electron chi connectivity index (χ0n) is 12.2. The van der Waals surface area contributed by atoms with E-state index in [4.69, 9.17) is 16.3 Å². The highest BCUT2D eigenvalue weighted by Crippen LogP contribution is 2.27. The average molecular weight is 355 g/mol. The Morgan fingerprint density at radius 3 is 2.78 bits per heavy atom. The van der Waals surface area contributed by atoms with Crippen LogP contribution in [0.4, 0.5) is 5.69 Å². The lowest BCUT2D eigenvalue weighted by Crippen LogP contribution is -2.37. The Morgan fingerprint density at radius 1 is 1.35 bits per heavy atom. The van der Waals surface area contributed by atoms with Crippen LogP contribution < -0.4 is 15.4 Å². The minimum absolute atomic E-state index is 0.0599. The summed E-state index contributed by atoms with van der Waals surface area (Å²) in [7, 11) is 1.44. The normalized spacial score (nSPS) is 11.6. The Bertz CT molecular complexity index is 691. The van der Waals surface area contributed by atoms with Gasteiger partial charge >= 0.3 is 11.8 Å². The third-order valence-electron chi connectivity index (χ3n) is 3.00. The van der Waals surface area contributed by atoms with Crippen LogP contribution in [0.15, 0.2) is 35.0 Å². The predicted octanol–water partition coefficient (Wildman–Crippen LogP) is 2.20. The molecule has 0 aliphatic heterocycles. The van der Waals surface area contributed by atoms with Crippen molar-refractivity contribution in [3.05, 3.63) is 45.6 Å². The van der Waals surface area contributed by atoms with Gasteiger partial charge in [-0.3, -0.25) is 9.59 Å². The molecule has 0 saturated heterocycles. The number of halogens is 1. The van der Waals surface area contributed by atoms with Crippen LogP contribution in [0.2, 0.25) is 5.02 Å². The molecule has 0 aliphatic carbocycles. The highest BCUT2D eigenvalue weighted by Gasteiger charge is 2.17. The quantitative estimate of drug-likeness (QED) is 0.718. The number of ether oxygens (including phenoxy) is 1. The summed E-state index contributed by atoms with van der Waals surface area (Å²) in [5, 5.41) is 18.7. The van der Waals surface area contributed by atoms with Gasteiger partial charge < -0.3 is 20.5 Å². The Morgan fingerprint density at radius 2 is 2.13 bits per heavy atom. The molecule has 3 N–H and O–H groups in total. The lowest BCUT2D eigenvalue weighted by Gasteiger charge is -2.12. The van der Waals surface area contributed by atoms with Crippen molar-refractivity contribution < 1.29 is 19.4 Å². The van der Waals surface area contributed by atoms with Crippen LogP contribution in [0.5, 0.6) is 5.75 Å². The maximum atomic E-state index is 11.9. The van der Waals surface area contributed by atoms with Crippen LogP contribution in [0, 0.1) is 0 Å². The van der Waals surface area contributed by atoms with E-state index in [1.807, 2.05) is 5.38 Å². The molecule has 2 rings (SSSR count). The third-order valence-corrected chi connectivity index (χ3v) is 3.94. The maximum Gasteiger partial charge on any atom is 0.313 e. The van der Waals surface area contributed by atoms with Gasteiger partial charge in [0.2, 0.25) is 0 Å². The van der Waals surface area contributed by atoms with E-state index in [0.717, 1.165) is 0 Å². The first kappa shape index (κ1) is 17.3. The number of carbonyl (C=O) groups excluding carboxylic acids is 2. The summed E-state index contributed by atoms with van der Waals surface area (Å²) in [6.45, 7) is -0.0599. The van der Waals surface area contributed by atoms with E-state index in [1.54, 1.807) is 23.6 Å². The molecule has 6 nitrogen and oxygen atoms in total. The summed E-state index contributed by atoms with van der Waals surface area (Å²) >= 11 is 7.29. The van der Waals surface area contributed by atoms with Crippen molar-refractivity contribution in [1.82, 2.24) is 5.32 Å². The highest BCUT2D eigenvalue weighted by atomic mass is 35.5. The van der Waals surface area contributed by atoms with Gasteiger partial charge in [-0.1, -0.05) is 11.6 Å². The second-order valence-electron chi connectivity index (χ2n) is 4.58. The number of amides is 2. The molecule has 0 spiro atoms. The zero-order chi connectivity index (χ0) is 16.8. The molecule has 8 heteroatoms. The molecule has 1 aromatic carbocycles. The first-order valence-corrected chi connectivity index (χ1v) is 7.96. The summed E-state index contributed by atoms with van der Waals surface area (Å²) < 4.78 is 5.08. The Kier molecular flexibility index (Phi) is 5.97. The molecule has 122 valence electrons. The number of benzene rings is 1. The van der Waals surface area contributed by atoms with Gasteiger partial charge in [0.25, 0.3) is 0 Å². The number of aliphatic hydroxyl groups is 1. The minimum atomic E-state index is -0.872. The molecule has 2 amide bonds. The fraction of sp³-hybridized carbons (Fsp3) is 0.200. The average Bonchev–Trinajstić information content (AvgIpc) is 3.07. The maximum absolute atomic E-state index is 11.9. The van der Waals surface area contributed by atoms with Gasteiger partial charge in [-0.25, -0.2) is 0 Å². The van der Waals surface area contributed by atoms with E-state index < -0.39 is 17.9 Å². The molecular weight excluding hydrogens is 340 g/mol. The number of hydrogen-bond acceptors (Lipinski definition) is 5. The van der Waals surface area contributed by atoms with Crippen molar-refractivity contribution in [2.45, 2.75) is 6.10 Å². The van der Waals surface area contributed by atoms with Crippen LogP contribution in [0.25, 0.3) is 0 Å². The van der Waals surface area contributed by atoms with E-state index in [2.05, 4.69) is 10.6 Å². The highest BCUT2D eigenvalue weighted by molar-refractivity contribution is 7.07. The molecule has 1 aromatic heterocycles. The van der Waals surface area contributed by atoms with E-state index in [-0.39, 0.29) is 6.54 Å². The van der Waals surface area contributed by atoms with Crippen molar-refractivity contribution in [2.24, 2.45) is 0 Å². The molecular formula is C15H15ClN2O4S. The smallest absolute Gasteiger partial charge is 0.313 e. The van der Waals surface area contributed by atoms with Crippen LogP contribution in [0.3, 0.4) is 0 Å². The van der Waals surface area contributed by atoms with Gasteiger partial charge in [-0.05, 0) is 40.6 Å². The van der Waals surface area contributed by atoms with Gasteiger partial charge in [-0.2, -0.15) is 11.3 Å². The number of carbonyl (C=O) groups is 2. The molecule has 0 unspecified atom stereocenters. The van der Waals surface area contributed by atoms with Crippen LogP contribution in [0.1, 0.15) is 11.7 Å². The minimum Gasteiger partial charge on any atom is -0.495 e. The standard InChI is InChI=1S/C15H15ClN2O4S/c1-22-13-3-2-10(16)6-11(13)18-15(21)14(20)17-7-12(19)9-4-5-23-8-9/h2-6,8,12,19H,7H2,1H3,(H,17,20)(H,18,21)/t12-/m0/s1. The van der Waals surface area contributed by atoms with Crippen molar-refractivity contribution in [2.75, 3.05) is 19.0 Å². The molecule has 0 fully saturated rings. The molecule has 1 heterocycles. The molecule has 1 atom stereocenters. The summed E-state index contributed by atoms with van der Waals surface area (Å²) in [4.78, 5) is 23.7. The number of anilines is 1. The summed E-state index contributed by atoms with van der Waals surface area (Å²) in [5.74, 6) is -1.35. The lowest BCUT2D eigenvalue weighted by atomic mass is 10.2. The SMILES string of the molecule is COc1ccc(Cl)cc1NC(=O)C(=O)NC[C@H](O)c1ccsc1. The molecule has 2 aromatic rings. The number of methoxy groups -OCH3 is 1. The van der Waals surface area contributed by atoms with Gasteiger partial charge in [-0.15, -0.1) is 0 Å². The van der Waals surface area contributed by atoms with Crippen LogP contribution in [-0.2, 0) is 9.59 Å². The van der Waals surface area contributed by atoms with Gasteiger partial charge in [0.05, 0.1) is 18.9 Å². The fourth-order valence-electron chi connectivity index (χ4n) is 1.81. The van der Waals surface area contributed by atoms with Gasteiger partial charge in [0, 0.05) is 11.6 Å². The number of hydrogen-bond donors (Lipinski definition) is 3. The first-order chi connectivity index (χ1) is 11.0. The number of thiophene rings is 1. The van der Waals surface area contributed by atoms with E-state index in [0.29, 0.717) is 22.0 Å². The van der Waals surface area contributed by atoms with Gasteiger partial charge in [0.1, 0.15) is 5.75 Å². The topological polar surface area (TPSA) is 87.7 Å². The Labute approximate surface area is 142 Å². The van der Waals surface area contributed by atoms with Gasteiger partial charge in [0.15, 0.2) is 0 Å². The first-order valence-electron chi connectivity index (χ1n) is 6.64. The predicted molar refractivity (Wildman–Crippen MR) is 88.9 cm³/mol. The summed E-state index contributed by atoms with van der Waals surface area (Å²) in [6.07, 6.45) is -0.862.